The molecule has 2 rings (SSSR count). The molecule has 0 fully saturated rings. The Bertz CT molecular complexity index is 527. The molecule has 0 saturated carbocycles. The van der Waals surface area contributed by atoms with Gasteiger partial charge in [-0.1, -0.05) is 17.7 Å². The van der Waals surface area contributed by atoms with Gasteiger partial charge in [-0.05, 0) is 31.7 Å². The maximum Gasteiger partial charge on any atom is 0.138 e. The minimum absolute atomic E-state index is 0.454. The van der Waals surface area contributed by atoms with Crippen LogP contribution in [0, 0.1) is 6.92 Å². The highest BCUT2D eigenvalue weighted by atomic mass is 35.5. The summed E-state index contributed by atoms with van der Waals surface area (Å²) in [7, 11) is 1.91. The monoisotopic (exact) mass is 282 g/mol. The van der Waals surface area contributed by atoms with Crippen LogP contribution in [0.2, 0.25) is 5.02 Å². The Kier molecular flexibility index (Phi) is 4.58. The number of hydrogen-bond donors (Lipinski definition) is 1. The fourth-order valence-corrected chi connectivity index (χ4v) is 2.46. The Balaban J connectivity index is 2.01. The quantitative estimate of drug-likeness (QED) is 0.913. The minimum atomic E-state index is 0.454. The Hall–Kier alpha value is -1.10. The first kappa shape index (κ1) is 13.3. The van der Waals surface area contributed by atoms with Gasteiger partial charge in [0.05, 0.1) is 15.7 Å². The van der Waals surface area contributed by atoms with Crippen LogP contribution in [0.5, 0.6) is 5.75 Å². The summed E-state index contributed by atoms with van der Waals surface area (Å²) in [6, 6.07) is 5.82. The second kappa shape index (κ2) is 6.18. The molecule has 18 heavy (non-hydrogen) atoms. The van der Waals surface area contributed by atoms with E-state index in [0.29, 0.717) is 17.4 Å². The molecule has 0 amide bonds. The summed E-state index contributed by atoms with van der Waals surface area (Å²) < 4.78 is 5.66. The van der Waals surface area contributed by atoms with E-state index in [-0.39, 0.29) is 0 Å². The second-order valence-electron chi connectivity index (χ2n) is 3.94. The van der Waals surface area contributed by atoms with Gasteiger partial charge in [-0.25, -0.2) is 4.98 Å². The first-order valence-corrected chi connectivity index (χ1v) is 6.91. The molecule has 96 valence electrons. The van der Waals surface area contributed by atoms with Gasteiger partial charge >= 0.3 is 0 Å². The molecule has 0 saturated heterocycles. The smallest absolute Gasteiger partial charge is 0.138 e. The Morgan fingerprint density at radius 1 is 1.44 bits per heavy atom. The predicted octanol–water partition coefficient (Wildman–Crippen LogP) is 3.40. The fraction of sp³-hybridized carbons (Fsp3) is 0.308. The van der Waals surface area contributed by atoms with Crippen LogP contribution in [0.1, 0.15) is 16.3 Å². The molecule has 1 aromatic carbocycles. The third kappa shape index (κ3) is 3.45. The van der Waals surface area contributed by atoms with Crippen LogP contribution < -0.4 is 10.1 Å². The molecule has 0 aliphatic heterocycles. The molecule has 0 bridgehead atoms. The van der Waals surface area contributed by atoms with Gasteiger partial charge in [0.15, 0.2) is 0 Å². The van der Waals surface area contributed by atoms with Gasteiger partial charge in [0.25, 0.3) is 0 Å². The molecule has 1 heterocycles. The van der Waals surface area contributed by atoms with E-state index in [1.165, 1.54) is 0 Å². The lowest BCUT2D eigenvalue weighted by Gasteiger charge is -2.08. The van der Waals surface area contributed by atoms with Gasteiger partial charge in [0, 0.05) is 11.9 Å². The van der Waals surface area contributed by atoms with Crippen molar-refractivity contribution in [2.75, 3.05) is 7.05 Å². The third-order valence-corrected chi connectivity index (χ3v) is 3.54. The average molecular weight is 283 g/mol. The lowest BCUT2D eigenvalue weighted by Crippen LogP contribution is -2.05. The molecule has 0 spiro atoms. The van der Waals surface area contributed by atoms with Gasteiger partial charge in [0.2, 0.25) is 0 Å². The first-order valence-electron chi connectivity index (χ1n) is 5.66. The highest BCUT2D eigenvalue weighted by molar-refractivity contribution is 7.09. The number of aromatic nitrogens is 1. The molecule has 3 nitrogen and oxygen atoms in total. The second-order valence-corrected chi connectivity index (χ2v) is 5.41. The van der Waals surface area contributed by atoms with E-state index in [1.54, 1.807) is 11.3 Å². The summed E-state index contributed by atoms with van der Waals surface area (Å²) in [5.41, 5.74) is 2.08. The SMILES string of the molecule is CNCc1ccc(OCc2csc(C)n2)c(Cl)c1. The molecular weight excluding hydrogens is 268 g/mol. The van der Waals surface area contributed by atoms with Gasteiger partial charge < -0.3 is 10.1 Å². The van der Waals surface area contributed by atoms with Crippen LogP contribution in [-0.2, 0) is 13.2 Å². The molecule has 0 unspecified atom stereocenters. The van der Waals surface area contributed by atoms with Crippen molar-refractivity contribution in [1.82, 2.24) is 10.3 Å². The normalized spacial score (nSPS) is 10.6. The molecule has 0 radical (unpaired) electrons. The number of nitrogens with zero attached hydrogens (tertiary/aromatic N) is 1. The number of aryl methyl sites for hydroxylation is 1. The lowest BCUT2D eigenvalue weighted by atomic mass is 10.2. The van der Waals surface area contributed by atoms with E-state index in [4.69, 9.17) is 16.3 Å². The summed E-state index contributed by atoms with van der Waals surface area (Å²) >= 11 is 7.79. The zero-order valence-corrected chi connectivity index (χ0v) is 11.9. The van der Waals surface area contributed by atoms with Crippen molar-refractivity contribution in [1.29, 1.82) is 0 Å². The van der Waals surface area contributed by atoms with Crippen molar-refractivity contribution in [3.8, 4) is 5.75 Å². The molecule has 0 aliphatic rings. The fourth-order valence-electron chi connectivity index (χ4n) is 1.60. The van der Waals surface area contributed by atoms with E-state index < -0.39 is 0 Å². The molecular formula is C13H15ClN2OS. The summed E-state index contributed by atoms with van der Waals surface area (Å²) in [5, 5.41) is 6.76. The van der Waals surface area contributed by atoms with Gasteiger partial charge in [-0.2, -0.15) is 0 Å². The Labute approximate surface area is 116 Å². The van der Waals surface area contributed by atoms with E-state index >= 15 is 0 Å². The topological polar surface area (TPSA) is 34.1 Å². The van der Waals surface area contributed by atoms with Crippen LogP contribution in [0.3, 0.4) is 0 Å². The first-order chi connectivity index (χ1) is 8.69. The largest absolute Gasteiger partial charge is 0.486 e. The van der Waals surface area contributed by atoms with E-state index in [1.807, 2.05) is 37.6 Å². The number of hydrogen-bond acceptors (Lipinski definition) is 4. The number of nitrogens with one attached hydrogen (secondary N) is 1. The average Bonchev–Trinajstić information content (AvgIpc) is 2.74. The van der Waals surface area contributed by atoms with Crippen molar-refractivity contribution in [3.05, 3.63) is 44.9 Å². The standard InChI is InChI=1S/C13H15ClN2OS/c1-9-16-11(8-18-9)7-17-13-4-3-10(6-15-2)5-12(13)14/h3-5,8,15H,6-7H2,1-2H3. The van der Waals surface area contributed by atoms with E-state index in [9.17, 15) is 0 Å². The summed E-state index contributed by atoms with van der Waals surface area (Å²) in [6.07, 6.45) is 0. The zero-order valence-electron chi connectivity index (χ0n) is 10.4. The maximum atomic E-state index is 6.17. The van der Waals surface area contributed by atoms with Crippen LogP contribution >= 0.6 is 22.9 Å². The molecule has 0 atom stereocenters. The zero-order chi connectivity index (χ0) is 13.0. The van der Waals surface area contributed by atoms with Crippen LogP contribution in [0.15, 0.2) is 23.6 Å². The maximum absolute atomic E-state index is 6.17. The van der Waals surface area contributed by atoms with Crippen molar-refractivity contribution in [2.45, 2.75) is 20.1 Å². The summed E-state index contributed by atoms with van der Waals surface area (Å²) in [6.45, 7) is 3.23. The van der Waals surface area contributed by atoms with Crippen LogP contribution in [-0.4, -0.2) is 12.0 Å². The van der Waals surface area contributed by atoms with Gasteiger partial charge in [-0.15, -0.1) is 11.3 Å². The summed E-state index contributed by atoms with van der Waals surface area (Å²) in [5.74, 6) is 0.696. The Morgan fingerprint density at radius 2 is 2.28 bits per heavy atom. The third-order valence-electron chi connectivity index (χ3n) is 2.42. The predicted molar refractivity (Wildman–Crippen MR) is 75.4 cm³/mol. The number of halogens is 1. The molecule has 0 aliphatic carbocycles. The number of rotatable bonds is 5. The van der Waals surface area contributed by atoms with Crippen molar-refractivity contribution < 1.29 is 4.74 Å². The van der Waals surface area contributed by atoms with Crippen molar-refractivity contribution in [3.63, 3.8) is 0 Å². The molecule has 1 N–H and O–H groups in total. The summed E-state index contributed by atoms with van der Waals surface area (Å²) in [4.78, 5) is 4.34. The number of thiazole rings is 1. The number of benzene rings is 1. The number of ether oxygens (including phenoxy) is 1. The molecule has 1 aromatic heterocycles. The van der Waals surface area contributed by atoms with Crippen molar-refractivity contribution in [2.24, 2.45) is 0 Å². The van der Waals surface area contributed by atoms with Gasteiger partial charge in [-0.3, -0.25) is 0 Å². The van der Waals surface area contributed by atoms with Crippen LogP contribution in [0.4, 0.5) is 0 Å². The highest BCUT2D eigenvalue weighted by Gasteiger charge is 2.05. The lowest BCUT2D eigenvalue weighted by molar-refractivity contribution is 0.302. The van der Waals surface area contributed by atoms with E-state index in [2.05, 4.69) is 10.3 Å². The van der Waals surface area contributed by atoms with Crippen molar-refractivity contribution >= 4 is 22.9 Å². The van der Waals surface area contributed by atoms with E-state index in [0.717, 1.165) is 22.8 Å². The van der Waals surface area contributed by atoms with Gasteiger partial charge in [0.1, 0.15) is 12.4 Å². The Morgan fingerprint density at radius 3 is 2.89 bits per heavy atom. The molecule has 5 heteroatoms. The molecule has 2 aromatic rings. The minimum Gasteiger partial charge on any atom is -0.486 e. The van der Waals surface area contributed by atoms with Crippen LogP contribution in [0.25, 0.3) is 0 Å². The highest BCUT2D eigenvalue weighted by Crippen LogP contribution is 2.26.